The van der Waals surface area contributed by atoms with Gasteiger partial charge in [-0.05, 0) is 68.5 Å². The minimum absolute atomic E-state index is 0. The average Bonchev–Trinajstić information content (AvgIpc) is 3.87. The van der Waals surface area contributed by atoms with Gasteiger partial charge in [-0.2, -0.15) is 6.08 Å². The molecule has 0 heterocycles. The molecule has 0 aromatic heterocycles. The van der Waals surface area contributed by atoms with Crippen molar-refractivity contribution in [2.75, 3.05) is 0 Å². The van der Waals surface area contributed by atoms with Gasteiger partial charge in [0.05, 0.1) is 0 Å². The summed E-state index contributed by atoms with van der Waals surface area (Å²) in [7, 11) is 0. The van der Waals surface area contributed by atoms with E-state index >= 15 is 0 Å². The van der Waals surface area contributed by atoms with Crippen LogP contribution >= 0.6 is 23.2 Å². The molecular weight excluding hydrogens is 870 g/mol. The van der Waals surface area contributed by atoms with Gasteiger partial charge in [0.15, 0.2) is 0 Å². The molecule has 0 atom stereocenters. The molecule has 296 valence electrons. The van der Waals surface area contributed by atoms with Gasteiger partial charge in [0.1, 0.15) is 0 Å². The van der Waals surface area contributed by atoms with Gasteiger partial charge in [-0.3, -0.25) is 6.08 Å². The van der Waals surface area contributed by atoms with Crippen LogP contribution in [0.25, 0.3) is 43.8 Å². The fourth-order valence-electron chi connectivity index (χ4n) is 7.17. The quantitative estimate of drug-likeness (QED) is 0.146. The van der Waals surface area contributed by atoms with Gasteiger partial charge in [0.25, 0.3) is 0 Å². The van der Waals surface area contributed by atoms with Gasteiger partial charge in [0, 0.05) is 10.0 Å². The van der Waals surface area contributed by atoms with Crippen LogP contribution in [0.4, 0.5) is 0 Å². The predicted octanol–water partition coefficient (Wildman–Crippen LogP) is 9.45. The third-order valence-electron chi connectivity index (χ3n) is 10.0. The van der Waals surface area contributed by atoms with Crippen molar-refractivity contribution in [3.63, 3.8) is 0 Å². The third-order valence-corrected chi connectivity index (χ3v) is 11.4. The van der Waals surface area contributed by atoms with Crippen molar-refractivity contribution in [3.05, 3.63) is 196 Å². The molecule has 0 aliphatic heterocycles. The molecule has 0 saturated carbocycles. The summed E-state index contributed by atoms with van der Waals surface area (Å²) in [5.41, 5.74) is 10.5. The molecule has 7 aromatic carbocycles. The van der Waals surface area contributed by atoms with Gasteiger partial charge in [-0.25, -0.2) is 12.2 Å². The first kappa shape index (κ1) is 47.3. The molecule has 0 unspecified atom stereocenters. The molecule has 58 heavy (non-hydrogen) atoms. The Balaban J connectivity index is 0.000000268. The van der Waals surface area contributed by atoms with Crippen LogP contribution in [0.15, 0.2) is 158 Å². The summed E-state index contributed by atoms with van der Waals surface area (Å²) in [6.45, 7) is 13.7. The maximum absolute atomic E-state index is 6.20. The van der Waals surface area contributed by atoms with E-state index in [2.05, 4.69) is 169 Å². The van der Waals surface area contributed by atoms with Gasteiger partial charge >= 0.3 is 112 Å². The van der Waals surface area contributed by atoms with E-state index in [9.17, 15) is 0 Å². The molecule has 0 radical (unpaired) electrons. The van der Waals surface area contributed by atoms with Crippen LogP contribution in [0.1, 0.15) is 70.2 Å². The zero-order valence-corrected chi connectivity index (χ0v) is 39.6. The molecule has 0 fully saturated rings. The molecule has 0 bridgehead atoms. The van der Waals surface area contributed by atoms with Crippen LogP contribution in [0.3, 0.4) is 0 Å². The second-order valence-electron chi connectivity index (χ2n) is 16.6. The van der Waals surface area contributed by atoms with Gasteiger partial charge in [0.2, 0.25) is 0 Å². The Morgan fingerprint density at radius 1 is 0.586 bits per heavy atom. The second kappa shape index (κ2) is 21.2. The molecule has 0 saturated heterocycles. The van der Waals surface area contributed by atoms with Crippen LogP contribution in [0.5, 0.6) is 0 Å². The van der Waals surface area contributed by atoms with Gasteiger partial charge in [-0.15, -0.1) is 46.2 Å². The number of rotatable bonds is 6. The fourth-order valence-corrected chi connectivity index (χ4v) is 8.43. The SMILES string of the molecule is CC(C)(C)c1cc2c(cc1-c1ccc(Cl)cc1)[cH-]c1cc(-c3ccc(Cl)cc3)c(C(C)(C)C)cc12.[C-]1=CC=CC1.[Cl-].[Cl-].[Zr+2]=[C](Cc1ccccc1)Cc1ccccc1. The molecule has 0 N–H and O–H groups in total. The standard InChI is InChI=1S/C33H31Cl2.C15H14.C5H5.2ClH.Zr/c1-32(2,3)30-18-26-22(16-28(30)20-7-11-24(34)12-8-20)15-23-17-29(21-9-13-25(35)14-10-21)31(19-27(23)26)33(4,5)6;1-3-8-14(9-4-1)12-7-13-15-10-5-2-6-11-15;1-2-4-5-3-1;;;/h7-19H,1-6H3;1-6,8-11H,12-13H2;1-3H,4H2;2*1H;/q-1;;-1;;;+2/p-2. The van der Waals surface area contributed by atoms with Gasteiger partial charge in [-0.1, -0.05) is 101 Å². The van der Waals surface area contributed by atoms with Crippen molar-refractivity contribution in [1.29, 1.82) is 0 Å². The summed E-state index contributed by atoms with van der Waals surface area (Å²) in [4.78, 5) is 0. The van der Waals surface area contributed by atoms with Crippen molar-refractivity contribution >= 4 is 48.0 Å². The molecule has 5 heteroatoms. The Bertz CT molecular complexity index is 2290. The van der Waals surface area contributed by atoms with Crippen LogP contribution < -0.4 is 24.8 Å². The minimum atomic E-state index is 0. The van der Waals surface area contributed by atoms with E-state index in [0.29, 0.717) is 0 Å². The van der Waals surface area contributed by atoms with E-state index in [1.165, 1.54) is 66.1 Å². The number of allylic oxidation sites excluding steroid dienone is 4. The Morgan fingerprint density at radius 2 is 0.983 bits per heavy atom. The average molecular weight is 920 g/mol. The Kier molecular flexibility index (Phi) is 17.3. The maximum atomic E-state index is 6.20. The van der Waals surface area contributed by atoms with Crippen LogP contribution in [-0.2, 0) is 47.9 Å². The number of hydrogen-bond donors (Lipinski definition) is 0. The van der Waals surface area contributed by atoms with E-state index in [1.807, 2.05) is 36.4 Å². The fraction of sp³-hybridized carbons (Fsp3) is 0.208. The molecular formula is C53H50Cl4Zr-2. The summed E-state index contributed by atoms with van der Waals surface area (Å²) < 4.78 is 1.60. The van der Waals surface area contributed by atoms with Crippen molar-refractivity contribution in [2.24, 2.45) is 0 Å². The first-order chi connectivity index (χ1) is 26.8. The van der Waals surface area contributed by atoms with Crippen molar-refractivity contribution in [1.82, 2.24) is 0 Å². The zero-order chi connectivity index (χ0) is 39.9. The first-order valence-electron chi connectivity index (χ1n) is 19.4. The number of fused-ring (bicyclic) bond motifs is 3. The molecule has 7 aromatic rings. The number of halogens is 4. The van der Waals surface area contributed by atoms with E-state index in [4.69, 9.17) is 23.2 Å². The van der Waals surface area contributed by atoms with Crippen LogP contribution in [-0.4, -0.2) is 3.21 Å². The number of hydrogen-bond acceptors (Lipinski definition) is 0. The zero-order valence-electron chi connectivity index (χ0n) is 34.1. The molecule has 0 nitrogen and oxygen atoms in total. The summed E-state index contributed by atoms with van der Waals surface area (Å²) in [5, 5.41) is 6.69. The van der Waals surface area contributed by atoms with Crippen molar-refractivity contribution < 1.29 is 49.0 Å². The monoisotopic (exact) mass is 916 g/mol. The normalized spacial score (nSPS) is 11.9. The molecule has 0 amide bonds. The van der Waals surface area contributed by atoms with Crippen LogP contribution in [0.2, 0.25) is 10.0 Å². The molecule has 8 rings (SSSR count). The van der Waals surface area contributed by atoms with E-state index in [0.717, 1.165) is 29.3 Å². The summed E-state index contributed by atoms with van der Waals surface area (Å²) in [6.07, 6.45) is 12.2. The van der Waals surface area contributed by atoms with Crippen LogP contribution in [0, 0.1) is 6.08 Å². The Hall–Kier alpha value is -3.42. The van der Waals surface area contributed by atoms with Crippen molar-refractivity contribution in [3.8, 4) is 22.3 Å². The molecule has 1 aliphatic rings. The van der Waals surface area contributed by atoms with Crippen molar-refractivity contribution in [2.45, 2.75) is 71.6 Å². The molecule has 0 spiro atoms. The topological polar surface area (TPSA) is 0 Å². The van der Waals surface area contributed by atoms with Gasteiger partial charge < -0.3 is 24.8 Å². The summed E-state index contributed by atoms with van der Waals surface area (Å²) in [6, 6.07) is 49.7. The van der Waals surface area contributed by atoms with E-state index in [-0.39, 0.29) is 35.6 Å². The predicted molar refractivity (Wildman–Crippen MR) is 242 cm³/mol. The second-order valence-corrected chi connectivity index (χ2v) is 19.2. The Morgan fingerprint density at radius 3 is 1.29 bits per heavy atom. The van der Waals surface area contributed by atoms with E-state index < -0.39 is 0 Å². The summed E-state index contributed by atoms with van der Waals surface area (Å²) >= 11 is 13.9. The van der Waals surface area contributed by atoms with E-state index in [1.54, 1.807) is 27.4 Å². The first-order valence-corrected chi connectivity index (χ1v) is 21.3. The Labute approximate surface area is 383 Å². The number of benzene rings is 6. The molecule has 1 aliphatic carbocycles. The summed E-state index contributed by atoms with van der Waals surface area (Å²) in [5.74, 6) is 0. The third kappa shape index (κ3) is 12.6.